The van der Waals surface area contributed by atoms with Crippen LogP contribution >= 0.6 is 11.6 Å². The monoisotopic (exact) mass is 484 g/mol. The summed E-state index contributed by atoms with van der Waals surface area (Å²) in [7, 11) is 0. The second-order valence-electron chi connectivity index (χ2n) is 8.31. The molecule has 0 radical (unpaired) electrons. The Morgan fingerprint density at radius 2 is 1.56 bits per heavy atom. The molecule has 174 valence electrons. The number of halogens is 4. The second-order valence-corrected chi connectivity index (χ2v) is 8.71. The van der Waals surface area contributed by atoms with Gasteiger partial charge in [0.15, 0.2) is 5.78 Å². The molecule has 0 spiro atoms. The summed E-state index contributed by atoms with van der Waals surface area (Å²) in [6.45, 7) is 0. The van der Waals surface area contributed by atoms with Crippen molar-refractivity contribution in [1.29, 1.82) is 0 Å². The van der Waals surface area contributed by atoms with Crippen LogP contribution in [0.25, 0.3) is 0 Å². The van der Waals surface area contributed by atoms with Crippen LogP contribution in [0.3, 0.4) is 0 Å². The number of allylic oxidation sites excluding steroid dienone is 1. The zero-order valence-corrected chi connectivity index (χ0v) is 18.6. The number of benzene rings is 3. The average molecular weight is 485 g/mol. The smallest absolute Gasteiger partial charge is 0.406 e. The summed E-state index contributed by atoms with van der Waals surface area (Å²) in [5, 5.41) is 7.46. The van der Waals surface area contributed by atoms with Gasteiger partial charge in [-0.3, -0.25) is 4.79 Å². The minimum absolute atomic E-state index is 0.0420. The fourth-order valence-electron chi connectivity index (χ4n) is 4.63. The Kier molecular flexibility index (Phi) is 5.73. The third kappa shape index (κ3) is 4.48. The Bertz CT molecular complexity index is 1270. The third-order valence-corrected chi connectivity index (χ3v) is 6.45. The molecule has 5 rings (SSSR count). The van der Waals surface area contributed by atoms with Crippen molar-refractivity contribution in [1.82, 2.24) is 0 Å². The quantitative estimate of drug-likeness (QED) is 0.412. The van der Waals surface area contributed by atoms with E-state index in [1.807, 2.05) is 48.5 Å². The predicted molar refractivity (Wildman–Crippen MR) is 125 cm³/mol. The topological polar surface area (TPSA) is 50.4 Å². The molecule has 2 N–H and O–H groups in total. The van der Waals surface area contributed by atoms with E-state index in [1.54, 1.807) is 12.1 Å². The molecule has 34 heavy (non-hydrogen) atoms. The molecule has 0 bridgehead atoms. The van der Waals surface area contributed by atoms with Crippen LogP contribution in [0.4, 0.5) is 24.5 Å². The lowest BCUT2D eigenvalue weighted by Crippen LogP contribution is -2.27. The Balaban J connectivity index is 1.55. The van der Waals surface area contributed by atoms with Gasteiger partial charge in [0.2, 0.25) is 0 Å². The van der Waals surface area contributed by atoms with Crippen molar-refractivity contribution < 1.29 is 22.7 Å². The van der Waals surface area contributed by atoms with Crippen molar-refractivity contribution in [3.63, 3.8) is 0 Å². The minimum atomic E-state index is -4.77. The number of ketones is 1. The number of Topliss-reactive ketones (excluding diaryl/α,β-unsaturated/α-hetero) is 1. The molecule has 0 saturated heterocycles. The van der Waals surface area contributed by atoms with Crippen molar-refractivity contribution in [3.8, 4) is 5.75 Å². The number of hydrogen-bond donors (Lipinski definition) is 2. The number of carbonyl (C=O) groups is 1. The van der Waals surface area contributed by atoms with Crippen LogP contribution in [-0.4, -0.2) is 12.1 Å². The fraction of sp³-hybridized carbons (Fsp3) is 0.192. The number of ether oxygens (including phenoxy) is 1. The summed E-state index contributed by atoms with van der Waals surface area (Å²) in [5.41, 5.74) is 4.54. The van der Waals surface area contributed by atoms with Crippen molar-refractivity contribution in [2.45, 2.75) is 31.2 Å². The first kappa shape index (κ1) is 22.3. The SMILES string of the molecule is O=C1C[C@H](c2ccccc2Cl)CC2=C1[C@H](c1ccc(OC(F)(F)F)cc1)Nc1ccccc1N2. The molecule has 4 nitrogen and oxygen atoms in total. The Morgan fingerprint density at radius 1 is 0.882 bits per heavy atom. The van der Waals surface area contributed by atoms with Gasteiger partial charge in [0.1, 0.15) is 5.75 Å². The minimum Gasteiger partial charge on any atom is -0.406 e. The maximum atomic E-state index is 13.5. The summed E-state index contributed by atoms with van der Waals surface area (Å²) in [6, 6.07) is 20.2. The highest BCUT2D eigenvalue weighted by atomic mass is 35.5. The standard InChI is InChI=1S/C26H20ClF3N2O2/c27-19-6-2-1-5-18(19)16-13-22-24(23(33)14-16)25(32-21-8-4-3-7-20(21)31-22)15-9-11-17(12-10-15)34-26(28,29)30/h1-12,16,25,31-32H,13-14H2/t16-,25+/m1/s1. The number of rotatable bonds is 3. The Morgan fingerprint density at radius 3 is 2.26 bits per heavy atom. The molecule has 2 aliphatic rings. The highest BCUT2D eigenvalue weighted by Gasteiger charge is 2.37. The number of hydrogen-bond acceptors (Lipinski definition) is 4. The summed E-state index contributed by atoms with van der Waals surface area (Å²) in [6.07, 6.45) is -3.91. The van der Waals surface area contributed by atoms with Gasteiger partial charge in [-0.1, -0.05) is 54.1 Å². The summed E-state index contributed by atoms with van der Waals surface area (Å²) in [5.74, 6) is -0.438. The molecule has 0 aromatic heterocycles. The van der Waals surface area contributed by atoms with Crippen molar-refractivity contribution in [2.75, 3.05) is 10.6 Å². The summed E-state index contributed by atoms with van der Waals surface area (Å²) in [4.78, 5) is 13.5. The summed E-state index contributed by atoms with van der Waals surface area (Å²) < 4.78 is 41.8. The van der Waals surface area contributed by atoms with E-state index in [0.717, 1.165) is 22.6 Å². The first-order valence-corrected chi connectivity index (χ1v) is 11.2. The van der Waals surface area contributed by atoms with E-state index in [2.05, 4.69) is 15.4 Å². The van der Waals surface area contributed by atoms with Gasteiger partial charge in [0, 0.05) is 22.7 Å². The maximum absolute atomic E-state index is 13.5. The molecule has 1 aliphatic heterocycles. The van der Waals surface area contributed by atoms with Crippen molar-refractivity contribution in [3.05, 3.63) is 100 Å². The second kappa shape index (κ2) is 8.72. The van der Waals surface area contributed by atoms with E-state index in [0.29, 0.717) is 22.6 Å². The van der Waals surface area contributed by atoms with E-state index in [-0.39, 0.29) is 23.9 Å². The molecule has 1 aliphatic carbocycles. The molecule has 2 atom stereocenters. The summed E-state index contributed by atoms with van der Waals surface area (Å²) >= 11 is 6.43. The van der Waals surface area contributed by atoms with Gasteiger partial charge in [-0.2, -0.15) is 0 Å². The zero-order chi connectivity index (χ0) is 23.9. The maximum Gasteiger partial charge on any atom is 0.573 e. The Labute approximate surface area is 199 Å². The zero-order valence-electron chi connectivity index (χ0n) is 17.8. The molecule has 8 heteroatoms. The molecule has 3 aromatic rings. The molecular formula is C26H20ClF3N2O2. The Hall–Kier alpha value is -3.45. The van der Waals surface area contributed by atoms with Crippen LogP contribution in [0.5, 0.6) is 5.75 Å². The number of fused-ring (bicyclic) bond motifs is 1. The van der Waals surface area contributed by atoms with Crippen LogP contribution in [0.1, 0.15) is 35.9 Å². The van der Waals surface area contributed by atoms with Crippen LogP contribution < -0.4 is 15.4 Å². The molecule has 0 fully saturated rings. The van der Waals surface area contributed by atoms with E-state index in [9.17, 15) is 18.0 Å². The first-order chi connectivity index (χ1) is 16.3. The first-order valence-electron chi connectivity index (χ1n) is 10.8. The van der Waals surface area contributed by atoms with Gasteiger partial charge in [-0.05, 0) is 53.8 Å². The van der Waals surface area contributed by atoms with Gasteiger partial charge in [-0.25, -0.2) is 0 Å². The molecule has 3 aromatic carbocycles. The highest BCUT2D eigenvalue weighted by molar-refractivity contribution is 6.31. The molecular weight excluding hydrogens is 465 g/mol. The lowest BCUT2D eigenvalue weighted by atomic mass is 9.78. The van der Waals surface area contributed by atoms with Crippen LogP contribution in [0, 0.1) is 0 Å². The average Bonchev–Trinajstić information content (AvgIpc) is 2.96. The van der Waals surface area contributed by atoms with E-state index in [4.69, 9.17) is 11.6 Å². The van der Waals surface area contributed by atoms with E-state index < -0.39 is 12.4 Å². The fourth-order valence-corrected chi connectivity index (χ4v) is 4.92. The van der Waals surface area contributed by atoms with Gasteiger partial charge < -0.3 is 15.4 Å². The lowest BCUT2D eigenvalue weighted by Gasteiger charge is -2.30. The largest absolute Gasteiger partial charge is 0.573 e. The van der Waals surface area contributed by atoms with Gasteiger partial charge in [-0.15, -0.1) is 13.2 Å². The van der Waals surface area contributed by atoms with Crippen LogP contribution in [-0.2, 0) is 4.79 Å². The highest BCUT2D eigenvalue weighted by Crippen LogP contribution is 2.45. The normalized spacial score (nSPS) is 19.9. The van der Waals surface area contributed by atoms with Gasteiger partial charge in [0.25, 0.3) is 0 Å². The predicted octanol–water partition coefficient (Wildman–Crippen LogP) is 7.22. The number of anilines is 2. The van der Waals surface area contributed by atoms with Gasteiger partial charge in [0.05, 0.1) is 17.4 Å². The third-order valence-electron chi connectivity index (χ3n) is 6.10. The van der Waals surface area contributed by atoms with Gasteiger partial charge >= 0.3 is 6.36 Å². The van der Waals surface area contributed by atoms with E-state index >= 15 is 0 Å². The number of carbonyl (C=O) groups excluding carboxylic acids is 1. The molecule has 0 saturated carbocycles. The van der Waals surface area contributed by atoms with Crippen molar-refractivity contribution in [2.24, 2.45) is 0 Å². The number of alkyl halides is 3. The molecule has 0 amide bonds. The van der Waals surface area contributed by atoms with Crippen LogP contribution in [0.15, 0.2) is 84.1 Å². The number of nitrogens with one attached hydrogen (secondary N) is 2. The molecule has 1 heterocycles. The number of para-hydroxylation sites is 2. The lowest BCUT2D eigenvalue weighted by molar-refractivity contribution is -0.274. The van der Waals surface area contributed by atoms with Crippen molar-refractivity contribution >= 4 is 28.8 Å². The molecule has 0 unspecified atom stereocenters. The van der Waals surface area contributed by atoms with Crippen LogP contribution in [0.2, 0.25) is 5.02 Å². The van der Waals surface area contributed by atoms with E-state index in [1.165, 1.54) is 12.1 Å².